The SMILES string of the molecule is CCC(CC)(C(=O)CCCC1CCCO1)N(C)C. The Morgan fingerprint density at radius 2 is 2.00 bits per heavy atom. The Labute approximate surface area is 112 Å². The van der Waals surface area contributed by atoms with Crippen molar-refractivity contribution in [3.63, 3.8) is 0 Å². The van der Waals surface area contributed by atoms with Crippen LogP contribution < -0.4 is 0 Å². The van der Waals surface area contributed by atoms with E-state index in [9.17, 15) is 4.79 Å². The third-order valence-electron chi connectivity index (χ3n) is 4.50. The molecule has 0 aromatic carbocycles. The van der Waals surface area contributed by atoms with Crippen LogP contribution in [0.5, 0.6) is 0 Å². The molecule has 1 saturated heterocycles. The molecule has 18 heavy (non-hydrogen) atoms. The molecule has 1 heterocycles. The van der Waals surface area contributed by atoms with Crippen molar-refractivity contribution < 1.29 is 9.53 Å². The molecule has 3 nitrogen and oxygen atoms in total. The third-order valence-corrected chi connectivity index (χ3v) is 4.50. The Morgan fingerprint density at radius 1 is 1.33 bits per heavy atom. The van der Waals surface area contributed by atoms with Gasteiger partial charge in [0.1, 0.15) is 0 Å². The smallest absolute Gasteiger partial charge is 0.153 e. The summed E-state index contributed by atoms with van der Waals surface area (Å²) < 4.78 is 5.60. The molecule has 1 aliphatic rings. The van der Waals surface area contributed by atoms with Crippen molar-refractivity contribution >= 4 is 5.78 Å². The van der Waals surface area contributed by atoms with Gasteiger partial charge in [0.2, 0.25) is 0 Å². The number of ether oxygens (including phenoxy) is 1. The Hall–Kier alpha value is -0.410. The molecule has 0 aromatic rings. The van der Waals surface area contributed by atoms with Gasteiger partial charge >= 0.3 is 0 Å². The summed E-state index contributed by atoms with van der Waals surface area (Å²) in [6, 6.07) is 0. The molecule has 0 amide bonds. The van der Waals surface area contributed by atoms with Gasteiger partial charge < -0.3 is 4.74 Å². The summed E-state index contributed by atoms with van der Waals surface area (Å²) in [5, 5.41) is 0. The summed E-state index contributed by atoms with van der Waals surface area (Å²) in [7, 11) is 4.04. The molecule has 0 radical (unpaired) electrons. The summed E-state index contributed by atoms with van der Waals surface area (Å²) in [4.78, 5) is 14.6. The highest BCUT2D eigenvalue weighted by Gasteiger charge is 2.36. The summed E-state index contributed by atoms with van der Waals surface area (Å²) in [5.41, 5.74) is -0.253. The molecular weight excluding hydrogens is 226 g/mol. The van der Waals surface area contributed by atoms with Crippen LogP contribution in [0, 0.1) is 0 Å². The maximum atomic E-state index is 12.5. The van der Waals surface area contributed by atoms with E-state index in [-0.39, 0.29) is 5.54 Å². The van der Waals surface area contributed by atoms with Crippen molar-refractivity contribution in [1.29, 1.82) is 0 Å². The average Bonchev–Trinajstić information content (AvgIpc) is 2.84. The number of ketones is 1. The predicted octanol–water partition coefficient (Wildman–Crippen LogP) is 3.03. The molecule has 0 aromatic heterocycles. The van der Waals surface area contributed by atoms with Gasteiger partial charge in [-0.3, -0.25) is 9.69 Å². The van der Waals surface area contributed by atoms with Crippen LogP contribution in [0.4, 0.5) is 0 Å². The fourth-order valence-corrected chi connectivity index (χ4v) is 3.12. The Bertz CT molecular complexity index is 253. The number of Topliss-reactive ketones (excluding diaryl/α,β-unsaturated/α-hetero) is 1. The first-order valence-electron chi connectivity index (χ1n) is 7.39. The van der Waals surface area contributed by atoms with E-state index in [1.54, 1.807) is 0 Å². The minimum absolute atomic E-state index is 0.253. The number of likely N-dealkylation sites (N-methyl/N-ethyl adjacent to an activating group) is 1. The lowest BCUT2D eigenvalue weighted by molar-refractivity contribution is -0.130. The number of rotatable bonds is 8. The monoisotopic (exact) mass is 255 g/mol. The Kier molecular flexibility index (Phi) is 6.30. The van der Waals surface area contributed by atoms with E-state index in [1.165, 1.54) is 12.8 Å². The molecule has 1 fully saturated rings. The molecule has 0 N–H and O–H groups in total. The van der Waals surface area contributed by atoms with E-state index in [4.69, 9.17) is 4.74 Å². The molecule has 1 atom stereocenters. The van der Waals surface area contributed by atoms with Crippen molar-refractivity contribution in [3.8, 4) is 0 Å². The van der Waals surface area contributed by atoms with Crippen molar-refractivity contribution in [3.05, 3.63) is 0 Å². The van der Waals surface area contributed by atoms with Crippen LogP contribution in [-0.4, -0.2) is 43.0 Å². The van der Waals surface area contributed by atoms with Crippen LogP contribution in [0.2, 0.25) is 0 Å². The zero-order valence-electron chi connectivity index (χ0n) is 12.5. The first-order chi connectivity index (χ1) is 8.56. The molecule has 0 bridgehead atoms. The van der Waals surface area contributed by atoms with Crippen molar-refractivity contribution in [2.45, 2.75) is 70.4 Å². The first kappa shape index (κ1) is 15.6. The number of hydrogen-bond donors (Lipinski definition) is 0. The fourth-order valence-electron chi connectivity index (χ4n) is 3.12. The number of carbonyl (C=O) groups is 1. The van der Waals surface area contributed by atoms with Crippen LogP contribution in [0.25, 0.3) is 0 Å². The van der Waals surface area contributed by atoms with E-state index in [2.05, 4.69) is 18.7 Å². The maximum absolute atomic E-state index is 12.5. The molecule has 1 unspecified atom stereocenters. The van der Waals surface area contributed by atoms with Crippen molar-refractivity contribution in [2.24, 2.45) is 0 Å². The third kappa shape index (κ3) is 3.55. The first-order valence-corrected chi connectivity index (χ1v) is 7.39. The highest BCUT2D eigenvalue weighted by Crippen LogP contribution is 2.26. The van der Waals surface area contributed by atoms with Crippen LogP contribution in [-0.2, 0) is 9.53 Å². The van der Waals surface area contributed by atoms with Gasteiger partial charge in [-0.1, -0.05) is 13.8 Å². The van der Waals surface area contributed by atoms with Gasteiger partial charge in [-0.25, -0.2) is 0 Å². The zero-order valence-corrected chi connectivity index (χ0v) is 12.5. The number of nitrogens with zero attached hydrogens (tertiary/aromatic N) is 1. The molecule has 0 aliphatic carbocycles. The quantitative estimate of drug-likeness (QED) is 0.667. The lowest BCUT2D eigenvalue weighted by atomic mass is 9.84. The minimum Gasteiger partial charge on any atom is -0.378 e. The number of hydrogen-bond acceptors (Lipinski definition) is 3. The van der Waals surface area contributed by atoms with E-state index in [0.717, 1.165) is 32.3 Å². The molecule has 3 heteroatoms. The van der Waals surface area contributed by atoms with Crippen molar-refractivity contribution in [1.82, 2.24) is 4.90 Å². The van der Waals surface area contributed by atoms with Crippen molar-refractivity contribution in [2.75, 3.05) is 20.7 Å². The molecular formula is C15H29NO2. The van der Waals surface area contributed by atoms with E-state index >= 15 is 0 Å². The van der Waals surface area contributed by atoms with Gasteiger partial charge in [0.15, 0.2) is 5.78 Å². The van der Waals surface area contributed by atoms with E-state index < -0.39 is 0 Å². The van der Waals surface area contributed by atoms with Gasteiger partial charge in [-0.2, -0.15) is 0 Å². The maximum Gasteiger partial charge on any atom is 0.153 e. The molecule has 1 aliphatic heterocycles. The average molecular weight is 255 g/mol. The zero-order chi connectivity index (χ0) is 13.6. The van der Waals surface area contributed by atoms with Crippen LogP contribution in [0.3, 0.4) is 0 Å². The van der Waals surface area contributed by atoms with E-state index in [1.807, 2.05) is 14.1 Å². The summed E-state index contributed by atoms with van der Waals surface area (Å²) in [6.45, 7) is 5.13. The summed E-state index contributed by atoms with van der Waals surface area (Å²) in [5.74, 6) is 0.399. The lowest BCUT2D eigenvalue weighted by Crippen LogP contribution is -2.50. The van der Waals surface area contributed by atoms with Crippen LogP contribution in [0.15, 0.2) is 0 Å². The van der Waals surface area contributed by atoms with Gasteiger partial charge in [-0.15, -0.1) is 0 Å². The Balaban J connectivity index is 2.41. The van der Waals surface area contributed by atoms with Gasteiger partial charge in [0.25, 0.3) is 0 Å². The van der Waals surface area contributed by atoms with Gasteiger partial charge in [0, 0.05) is 13.0 Å². The second-order valence-electron chi connectivity index (χ2n) is 5.58. The predicted molar refractivity (Wildman–Crippen MR) is 74.8 cm³/mol. The normalized spacial score (nSPS) is 20.6. The van der Waals surface area contributed by atoms with Crippen LogP contribution >= 0.6 is 0 Å². The van der Waals surface area contributed by atoms with Gasteiger partial charge in [0.05, 0.1) is 11.6 Å². The minimum atomic E-state index is -0.253. The van der Waals surface area contributed by atoms with Crippen LogP contribution in [0.1, 0.15) is 58.8 Å². The molecule has 1 rings (SSSR count). The molecule has 0 spiro atoms. The lowest BCUT2D eigenvalue weighted by Gasteiger charge is -2.37. The highest BCUT2D eigenvalue weighted by atomic mass is 16.5. The van der Waals surface area contributed by atoms with E-state index in [0.29, 0.717) is 18.3 Å². The molecule has 0 saturated carbocycles. The second kappa shape index (κ2) is 7.25. The highest BCUT2D eigenvalue weighted by molar-refractivity contribution is 5.88. The second-order valence-corrected chi connectivity index (χ2v) is 5.58. The summed E-state index contributed by atoms with van der Waals surface area (Å²) >= 11 is 0. The fraction of sp³-hybridized carbons (Fsp3) is 0.933. The summed E-state index contributed by atoms with van der Waals surface area (Å²) in [6.07, 6.45) is 7.28. The standard InChI is InChI=1S/C15H29NO2/c1-5-15(6-2,16(3)4)14(17)11-7-9-13-10-8-12-18-13/h13H,5-12H2,1-4H3. The Morgan fingerprint density at radius 3 is 2.44 bits per heavy atom. The molecule has 106 valence electrons. The van der Waals surface area contributed by atoms with Gasteiger partial charge in [-0.05, 0) is 52.6 Å². The number of carbonyl (C=O) groups excluding carboxylic acids is 1. The largest absolute Gasteiger partial charge is 0.378 e. The topological polar surface area (TPSA) is 29.5 Å².